The fourth-order valence-corrected chi connectivity index (χ4v) is 2.22. The van der Waals surface area contributed by atoms with Crippen LogP contribution in [0.3, 0.4) is 0 Å². The van der Waals surface area contributed by atoms with Crippen LogP contribution in [0.4, 0.5) is 26.2 Å². The molecule has 0 aliphatic carbocycles. The van der Waals surface area contributed by atoms with Gasteiger partial charge in [0.1, 0.15) is 11.5 Å². The van der Waals surface area contributed by atoms with E-state index < -0.39 is 18.4 Å². The quantitative estimate of drug-likeness (QED) is 0.549. The second-order valence-electron chi connectivity index (χ2n) is 5.63. The molecule has 0 aliphatic rings. The van der Waals surface area contributed by atoms with Crippen LogP contribution in [0.5, 0.6) is 0 Å². The Labute approximate surface area is 141 Å². The Kier molecular flexibility index (Phi) is 4.22. The Hall–Kier alpha value is -3.23. The number of hydrogen-bond acceptors (Lipinski definition) is 5. The van der Waals surface area contributed by atoms with Gasteiger partial charge in [-0.05, 0) is 30.3 Å². The fourth-order valence-electron chi connectivity index (χ4n) is 2.22. The number of fused-ring (bicyclic) bond motifs is 1. The van der Waals surface area contributed by atoms with E-state index in [1.807, 2.05) is 0 Å². The van der Waals surface area contributed by atoms with Gasteiger partial charge in [0, 0.05) is 24.4 Å². The number of nitrogens with one attached hydrogen (secondary N) is 3. The highest BCUT2D eigenvalue weighted by atomic mass is 19.3. The molecule has 0 aliphatic heterocycles. The molecule has 0 unspecified atom stereocenters. The number of nitrogens with two attached hydrogens (primary N) is 1. The number of alkyl halides is 2. The van der Waals surface area contributed by atoms with E-state index in [1.165, 1.54) is 0 Å². The van der Waals surface area contributed by atoms with Crippen molar-refractivity contribution in [2.24, 2.45) is 5.73 Å². The molecule has 5 N–H and O–H groups in total. The highest BCUT2D eigenvalue weighted by Crippen LogP contribution is 2.24. The summed E-state index contributed by atoms with van der Waals surface area (Å²) in [4.78, 5) is 22.6. The summed E-state index contributed by atoms with van der Waals surface area (Å²) in [5.74, 6) is -2.87. The van der Waals surface area contributed by atoms with Gasteiger partial charge in [-0.25, -0.2) is 8.78 Å². The van der Waals surface area contributed by atoms with E-state index in [9.17, 15) is 13.6 Å². The SMILES string of the molecule is CC(F)(F)CNc1nc(Nc2ccc(C(N)=O)cc2)nc2[nH]ccc12. The molecule has 130 valence electrons. The summed E-state index contributed by atoms with van der Waals surface area (Å²) in [7, 11) is 0. The highest BCUT2D eigenvalue weighted by Gasteiger charge is 2.21. The molecule has 0 fully saturated rings. The molecule has 0 saturated heterocycles. The minimum atomic E-state index is -2.87. The summed E-state index contributed by atoms with van der Waals surface area (Å²) in [6.07, 6.45) is 1.65. The monoisotopic (exact) mass is 346 g/mol. The largest absolute Gasteiger partial charge is 0.366 e. The maximum absolute atomic E-state index is 13.1. The maximum Gasteiger partial charge on any atom is 0.262 e. The van der Waals surface area contributed by atoms with E-state index >= 15 is 0 Å². The second kappa shape index (κ2) is 6.34. The molecule has 0 spiro atoms. The molecule has 0 bridgehead atoms. The van der Waals surface area contributed by atoms with Crippen LogP contribution in [0.1, 0.15) is 17.3 Å². The van der Waals surface area contributed by atoms with Gasteiger partial charge in [-0.3, -0.25) is 4.79 Å². The number of anilines is 3. The van der Waals surface area contributed by atoms with Gasteiger partial charge < -0.3 is 21.4 Å². The van der Waals surface area contributed by atoms with Gasteiger partial charge in [-0.1, -0.05) is 0 Å². The van der Waals surface area contributed by atoms with Gasteiger partial charge >= 0.3 is 0 Å². The number of H-pyrrole nitrogens is 1. The number of aromatic nitrogens is 3. The lowest BCUT2D eigenvalue weighted by Gasteiger charge is -2.13. The Morgan fingerprint density at radius 1 is 1.24 bits per heavy atom. The molecule has 9 heteroatoms. The predicted octanol–water partition coefficient (Wildman–Crippen LogP) is 2.87. The lowest BCUT2D eigenvalue weighted by Crippen LogP contribution is -2.23. The average molecular weight is 346 g/mol. The van der Waals surface area contributed by atoms with Gasteiger partial charge in [0.15, 0.2) is 0 Å². The van der Waals surface area contributed by atoms with Crippen molar-refractivity contribution in [1.82, 2.24) is 15.0 Å². The number of hydrogen-bond donors (Lipinski definition) is 4. The van der Waals surface area contributed by atoms with E-state index in [-0.39, 0.29) is 5.95 Å². The molecule has 1 amide bonds. The molecule has 0 radical (unpaired) electrons. The highest BCUT2D eigenvalue weighted by molar-refractivity contribution is 5.93. The number of rotatable bonds is 6. The second-order valence-corrected chi connectivity index (χ2v) is 5.63. The van der Waals surface area contributed by atoms with Crippen molar-refractivity contribution in [3.05, 3.63) is 42.1 Å². The molecular formula is C16H16F2N6O. The lowest BCUT2D eigenvalue weighted by molar-refractivity contribution is 0.0367. The van der Waals surface area contributed by atoms with Crippen LogP contribution in [-0.2, 0) is 0 Å². The predicted molar refractivity (Wildman–Crippen MR) is 91.2 cm³/mol. The third-order valence-corrected chi connectivity index (χ3v) is 3.41. The summed E-state index contributed by atoms with van der Waals surface area (Å²) in [5.41, 5.74) is 6.71. The molecule has 0 atom stereocenters. The molecule has 0 saturated carbocycles. The van der Waals surface area contributed by atoms with Crippen LogP contribution >= 0.6 is 0 Å². The van der Waals surface area contributed by atoms with Crippen LogP contribution in [0.2, 0.25) is 0 Å². The van der Waals surface area contributed by atoms with E-state index in [0.717, 1.165) is 6.92 Å². The van der Waals surface area contributed by atoms with Gasteiger partial charge in [-0.2, -0.15) is 9.97 Å². The number of aromatic amines is 1. The Morgan fingerprint density at radius 2 is 1.96 bits per heavy atom. The van der Waals surface area contributed by atoms with Crippen LogP contribution < -0.4 is 16.4 Å². The van der Waals surface area contributed by atoms with Crippen LogP contribution in [-0.4, -0.2) is 33.3 Å². The summed E-state index contributed by atoms with van der Waals surface area (Å²) in [5, 5.41) is 6.22. The smallest absolute Gasteiger partial charge is 0.262 e. The topological polar surface area (TPSA) is 109 Å². The normalized spacial score (nSPS) is 11.5. The molecule has 2 aromatic heterocycles. The first-order chi connectivity index (χ1) is 11.8. The van der Waals surface area contributed by atoms with Crippen molar-refractivity contribution >= 4 is 34.4 Å². The number of carbonyl (C=O) groups is 1. The first-order valence-electron chi connectivity index (χ1n) is 7.45. The van der Waals surface area contributed by atoms with E-state index in [4.69, 9.17) is 5.73 Å². The zero-order valence-corrected chi connectivity index (χ0v) is 13.3. The number of carbonyl (C=O) groups excluding carboxylic acids is 1. The van der Waals surface area contributed by atoms with Crippen LogP contribution in [0.25, 0.3) is 11.0 Å². The summed E-state index contributed by atoms with van der Waals surface area (Å²) in [6, 6.07) is 8.13. The summed E-state index contributed by atoms with van der Waals surface area (Å²) >= 11 is 0. The minimum Gasteiger partial charge on any atom is -0.366 e. The molecule has 2 heterocycles. The van der Waals surface area contributed by atoms with Gasteiger partial charge in [-0.15, -0.1) is 0 Å². The molecule has 7 nitrogen and oxygen atoms in total. The first-order valence-corrected chi connectivity index (χ1v) is 7.45. The molecule has 3 aromatic rings. The number of benzene rings is 1. The molecular weight excluding hydrogens is 330 g/mol. The minimum absolute atomic E-state index is 0.226. The Balaban J connectivity index is 1.87. The maximum atomic E-state index is 13.1. The summed E-state index contributed by atoms with van der Waals surface area (Å²) < 4.78 is 26.2. The van der Waals surface area contributed by atoms with Crippen LogP contribution in [0.15, 0.2) is 36.5 Å². The zero-order chi connectivity index (χ0) is 18.0. The number of halogens is 2. The van der Waals surface area contributed by atoms with Gasteiger partial charge in [0.2, 0.25) is 11.9 Å². The van der Waals surface area contributed by atoms with Crippen molar-refractivity contribution in [2.75, 3.05) is 17.2 Å². The average Bonchev–Trinajstić information content (AvgIpc) is 3.01. The fraction of sp³-hybridized carbons (Fsp3) is 0.188. The molecule has 3 rings (SSSR count). The van der Waals surface area contributed by atoms with Crippen molar-refractivity contribution in [1.29, 1.82) is 0 Å². The van der Waals surface area contributed by atoms with Crippen LogP contribution in [0, 0.1) is 0 Å². The number of primary amides is 1. The Morgan fingerprint density at radius 3 is 2.60 bits per heavy atom. The third kappa shape index (κ3) is 4.00. The standard InChI is InChI=1S/C16H16F2N6O/c1-16(17,18)8-21-14-11-6-7-20-13(11)23-15(24-14)22-10-4-2-9(3-5-10)12(19)25/h2-7H,8H2,1H3,(H2,19,25)(H3,20,21,22,23,24). The third-order valence-electron chi connectivity index (χ3n) is 3.41. The van der Waals surface area contributed by atoms with E-state index in [1.54, 1.807) is 36.5 Å². The number of amides is 1. The first kappa shape index (κ1) is 16.6. The van der Waals surface area contributed by atoms with E-state index in [0.29, 0.717) is 28.1 Å². The lowest BCUT2D eigenvalue weighted by atomic mass is 10.2. The van der Waals surface area contributed by atoms with Gasteiger partial charge in [0.25, 0.3) is 5.92 Å². The van der Waals surface area contributed by atoms with Gasteiger partial charge in [0.05, 0.1) is 11.9 Å². The Bertz CT molecular complexity index is 901. The summed E-state index contributed by atoms with van der Waals surface area (Å²) in [6.45, 7) is 0.284. The van der Waals surface area contributed by atoms with E-state index in [2.05, 4.69) is 25.6 Å². The number of nitrogens with zero attached hydrogens (tertiary/aromatic N) is 2. The van der Waals surface area contributed by atoms with Crippen molar-refractivity contribution in [3.8, 4) is 0 Å². The molecule has 25 heavy (non-hydrogen) atoms. The van der Waals surface area contributed by atoms with Crippen molar-refractivity contribution in [3.63, 3.8) is 0 Å². The molecule has 1 aromatic carbocycles. The zero-order valence-electron chi connectivity index (χ0n) is 13.3. The van der Waals surface area contributed by atoms with Crippen molar-refractivity contribution < 1.29 is 13.6 Å². The van der Waals surface area contributed by atoms with Crippen molar-refractivity contribution in [2.45, 2.75) is 12.8 Å².